The Balaban J connectivity index is 1.98. The fourth-order valence-electron chi connectivity index (χ4n) is 2.53. The van der Waals surface area contributed by atoms with E-state index in [1.54, 1.807) is 6.07 Å². The van der Waals surface area contributed by atoms with Gasteiger partial charge < -0.3 is 0 Å². The van der Waals surface area contributed by atoms with Crippen molar-refractivity contribution in [2.45, 2.75) is 0 Å². The molecule has 0 unspecified atom stereocenters. The molecule has 3 rings (SSSR count). The minimum absolute atomic E-state index is 0.380. The molecular formula is C23H15Cl2N. The lowest BCUT2D eigenvalue weighted by Crippen LogP contribution is -1.89. The summed E-state index contributed by atoms with van der Waals surface area (Å²) in [5.74, 6) is 0. The molecule has 1 nitrogen and oxygen atoms in total. The van der Waals surface area contributed by atoms with Gasteiger partial charge in [-0.05, 0) is 22.8 Å². The maximum absolute atomic E-state index is 9.53. The fraction of sp³-hybridized carbons (Fsp3) is 0. The first kappa shape index (κ1) is 18.0. The van der Waals surface area contributed by atoms with E-state index in [1.807, 2.05) is 85.0 Å². The number of rotatable bonds is 4. The number of halogens is 2. The Kier molecular flexibility index (Phi) is 5.92. The van der Waals surface area contributed by atoms with Gasteiger partial charge in [0.05, 0.1) is 21.7 Å². The van der Waals surface area contributed by atoms with Crippen LogP contribution < -0.4 is 0 Å². The first-order valence-electron chi connectivity index (χ1n) is 8.07. The molecule has 0 bridgehead atoms. The monoisotopic (exact) mass is 375 g/mol. The number of benzene rings is 3. The molecule has 0 aliphatic rings. The van der Waals surface area contributed by atoms with Crippen LogP contribution in [-0.2, 0) is 0 Å². The Bertz CT molecular complexity index is 998. The maximum atomic E-state index is 9.53. The summed E-state index contributed by atoms with van der Waals surface area (Å²) in [5.41, 5.74) is 3.90. The van der Waals surface area contributed by atoms with Crippen molar-refractivity contribution in [1.82, 2.24) is 0 Å². The van der Waals surface area contributed by atoms with Crippen molar-refractivity contribution in [3.8, 4) is 6.07 Å². The van der Waals surface area contributed by atoms with E-state index in [-0.39, 0.29) is 0 Å². The van der Waals surface area contributed by atoms with Gasteiger partial charge in [0.1, 0.15) is 0 Å². The van der Waals surface area contributed by atoms with Crippen molar-refractivity contribution in [3.63, 3.8) is 0 Å². The van der Waals surface area contributed by atoms with Crippen LogP contribution in [0, 0.1) is 11.3 Å². The van der Waals surface area contributed by atoms with E-state index in [0.29, 0.717) is 26.7 Å². The molecule has 0 aliphatic carbocycles. The summed E-state index contributed by atoms with van der Waals surface area (Å²) < 4.78 is 0. The van der Waals surface area contributed by atoms with Crippen molar-refractivity contribution in [1.29, 1.82) is 5.26 Å². The summed E-state index contributed by atoms with van der Waals surface area (Å²) >= 11 is 12.9. The second-order valence-corrected chi connectivity index (χ2v) is 6.41. The Hall–Kier alpha value is -2.79. The van der Waals surface area contributed by atoms with Crippen LogP contribution in [0.15, 0.2) is 66.7 Å². The zero-order valence-electron chi connectivity index (χ0n) is 13.9. The van der Waals surface area contributed by atoms with Crippen LogP contribution in [0.3, 0.4) is 0 Å². The minimum atomic E-state index is 0.380. The quantitative estimate of drug-likeness (QED) is 0.442. The first-order chi connectivity index (χ1) is 12.7. The molecule has 0 radical (unpaired) electrons. The van der Waals surface area contributed by atoms with Gasteiger partial charge in [0.15, 0.2) is 0 Å². The van der Waals surface area contributed by atoms with Gasteiger partial charge in [0, 0.05) is 5.56 Å². The standard InChI is InChI=1S/C23H15Cl2N/c24-22-19(13-11-17-7-3-1-4-8-17)15-20(16-26)21(23(22)25)14-12-18-9-5-2-6-10-18/h1-15H. The summed E-state index contributed by atoms with van der Waals surface area (Å²) in [6.07, 6.45) is 7.55. The number of nitrogens with zero attached hydrogens (tertiary/aromatic N) is 1. The molecule has 0 fully saturated rings. The molecular weight excluding hydrogens is 361 g/mol. The Morgan fingerprint density at radius 3 is 1.77 bits per heavy atom. The van der Waals surface area contributed by atoms with Crippen LogP contribution in [0.5, 0.6) is 0 Å². The average Bonchev–Trinajstić information content (AvgIpc) is 2.69. The van der Waals surface area contributed by atoms with Gasteiger partial charge >= 0.3 is 0 Å². The SMILES string of the molecule is N#Cc1cc(C=Cc2ccccc2)c(Cl)c(Cl)c1C=Cc1ccccc1. The lowest BCUT2D eigenvalue weighted by molar-refractivity contribution is 1.46. The minimum Gasteiger partial charge on any atom is -0.192 e. The van der Waals surface area contributed by atoms with E-state index in [1.165, 1.54) is 0 Å². The zero-order valence-corrected chi connectivity index (χ0v) is 15.4. The predicted octanol–water partition coefficient (Wildman–Crippen LogP) is 7.21. The van der Waals surface area contributed by atoms with Crippen molar-refractivity contribution in [3.05, 3.63) is 105 Å². The van der Waals surface area contributed by atoms with Gasteiger partial charge in [-0.1, -0.05) is 108 Å². The summed E-state index contributed by atoms with van der Waals surface area (Å²) in [4.78, 5) is 0. The second kappa shape index (κ2) is 8.54. The van der Waals surface area contributed by atoms with E-state index in [4.69, 9.17) is 23.2 Å². The molecule has 0 spiro atoms. The zero-order chi connectivity index (χ0) is 18.4. The highest BCUT2D eigenvalue weighted by Gasteiger charge is 2.12. The van der Waals surface area contributed by atoms with Crippen LogP contribution in [0.25, 0.3) is 24.3 Å². The average molecular weight is 376 g/mol. The van der Waals surface area contributed by atoms with E-state index < -0.39 is 0 Å². The second-order valence-electron chi connectivity index (χ2n) is 5.65. The van der Waals surface area contributed by atoms with Crippen molar-refractivity contribution >= 4 is 47.5 Å². The van der Waals surface area contributed by atoms with Gasteiger partial charge in [-0.2, -0.15) is 5.26 Å². The van der Waals surface area contributed by atoms with Gasteiger partial charge in [0.25, 0.3) is 0 Å². The van der Waals surface area contributed by atoms with Crippen LogP contribution >= 0.6 is 23.2 Å². The normalized spacial score (nSPS) is 11.1. The van der Waals surface area contributed by atoms with E-state index in [0.717, 1.165) is 11.1 Å². The number of nitriles is 1. The largest absolute Gasteiger partial charge is 0.192 e. The number of hydrogen-bond acceptors (Lipinski definition) is 1. The topological polar surface area (TPSA) is 23.8 Å². The molecule has 0 amide bonds. The van der Waals surface area contributed by atoms with Crippen LogP contribution in [-0.4, -0.2) is 0 Å². The molecule has 0 saturated carbocycles. The predicted molar refractivity (Wildman–Crippen MR) is 112 cm³/mol. The van der Waals surface area contributed by atoms with E-state index >= 15 is 0 Å². The molecule has 0 atom stereocenters. The van der Waals surface area contributed by atoms with Gasteiger partial charge in [0.2, 0.25) is 0 Å². The highest BCUT2D eigenvalue weighted by atomic mass is 35.5. The van der Waals surface area contributed by atoms with Crippen LogP contribution in [0.2, 0.25) is 10.0 Å². The van der Waals surface area contributed by atoms with Crippen LogP contribution in [0.1, 0.15) is 27.8 Å². The third-order valence-corrected chi connectivity index (χ3v) is 4.79. The van der Waals surface area contributed by atoms with Gasteiger partial charge in [-0.15, -0.1) is 0 Å². The summed E-state index contributed by atoms with van der Waals surface area (Å²) in [7, 11) is 0. The lowest BCUT2D eigenvalue weighted by atomic mass is 10.0. The maximum Gasteiger partial charge on any atom is 0.0998 e. The smallest absolute Gasteiger partial charge is 0.0998 e. The van der Waals surface area contributed by atoms with E-state index in [9.17, 15) is 5.26 Å². The molecule has 3 heteroatoms. The lowest BCUT2D eigenvalue weighted by Gasteiger charge is -2.08. The summed E-state index contributed by atoms with van der Waals surface area (Å²) in [6, 6.07) is 23.7. The molecule has 3 aromatic rings. The fourth-order valence-corrected chi connectivity index (χ4v) is 3.02. The molecule has 0 N–H and O–H groups in total. The molecule has 26 heavy (non-hydrogen) atoms. The molecule has 0 aliphatic heterocycles. The van der Waals surface area contributed by atoms with E-state index in [2.05, 4.69) is 6.07 Å². The van der Waals surface area contributed by atoms with Gasteiger partial charge in [-0.3, -0.25) is 0 Å². The Morgan fingerprint density at radius 2 is 1.23 bits per heavy atom. The molecule has 126 valence electrons. The highest BCUT2D eigenvalue weighted by Crippen LogP contribution is 2.34. The third kappa shape index (κ3) is 4.24. The molecule has 0 heterocycles. The highest BCUT2D eigenvalue weighted by molar-refractivity contribution is 6.44. The first-order valence-corrected chi connectivity index (χ1v) is 8.83. The summed E-state index contributed by atoms with van der Waals surface area (Å²) in [5, 5.41) is 10.3. The van der Waals surface area contributed by atoms with Crippen molar-refractivity contribution in [2.24, 2.45) is 0 Å². The number of hydrogen-bond donors (Lipinski definition) is 0. The summed E-state index contributed by atoms with van der Waals surface area (Å²) in [6.45, 7) is 0. The molecule has 0 aromatic heterocycles. The molecule has 0 saturated heterocycles. The van der Waals surface area contributed by atoms with Gasteiger partial charge in [-0.25, -0.2) is 0 Å². The van der Waals surface area contributed by atoms with Crippen molar-refractivity contribution < 1.29 is 0 Å². The third-order valence-electron chi connectivity index (χ3n) is 3.89. The molecule has 3 aromatic carbocycles. The Labute approximate surface area is 163 Å². The Morgan fingerprint density at radius 1 is 0.692 bits per heavy atom. The van der Waals surface area contributed by atoms with Crippen molar-refractivity contribution in [2.75, 3.05) is 0 Å². The van der Waals surface area contributed by atoms with Crippen LogP contribution in [0.4, 0.5) is 0 Å².